The number of carbonyl (C=O) groups is 1. The second-order valence-electron chi connectivity index (χ2n) is 4.10. The minimum Gasteiger partial charge on any atom is -0.384 e. The molecular formula is C15H19NO4. The number of hydrogen-bond acceptors (Lipinski definition) is 4. The number of aliphatic hydroxyl groups is 1. The van der Waals surface area contributed by atoms with E-state index >= 15 is 0 Å². The summed E-state index contributed by atoms with van der Waals surface area (Å²) in [4.78, 5) is 11.7. The summed E-state index contributed by atoms with van der Waals surface area (Å²) in [6.07, 6.45) is 0. The Bertz CT molecular complexity index is 502. The Morgan fingerprint density at radius 1 is 1.40 bits per heavy atom. The molecule has 0 spiro atoms. The van der Waals surface area contributed by atoms with Gasteiger partial charge in [0.15, 0.2) is 0 Å². The first-order valence-electron chi connectivity index (χ1n) is 6.24. The maximum absolute atomic E-state index is 11.7. The van der Waals surface area contributed by atoms with Gasteiger partial charge in [0, 0.05) is 12.7 Å². The van der Waals surface area contributed by atoms with Gasteiger partial charge in [-0.1, -0.05) is 17.9 Å². The van der Waals surface area contributed by atoms with Crippen molar-refractivity contribution in [2.24, 2.45) is 0 Å². The van der Waals surface area contributed by atoms with Crippen LogP contribution in [0.1, 0.15) is 11.1 Å². The summed E-state index contributed by atoms with van der Waals surface area (Å²) in [5.41, 5.74) is 2.31. The van der Waals surface area contributed by atoms with E-state index in [4.69, 9.17) is 14.6 Å². The topological polar surface area (TPSA) is 67.8 Å². The van der Waals surface area contributed by atoms with Gasteiger partial charge in [-0.05, 0) is 24.6 Å². The van der Waals surface area contributed by atoms with Crippen LogP contribution in [0, 0.1) is 18.8 Å². The standard InChI is InChI=1S/C15H19NO4/c1-12-5-6-14(13(10-12)4-3-7-17)16-15(18)11-20-9-8-19-2/h5-6,10,17H,7-9,11H2,1-2H3,(H,16,18). The minimum atomic E-state index is -0.253. The van der Waals surface area contributed by atoms with Gasteiger partial charge in [0.1, 0.15) is 13.2 Å². The third kappa shape index (κ3) is 5.85. The molecule has 1 amide bonds. The van der Waals surface area contributed by atoms with Gasteiger partial charge < -0.3 is 19.9 Å². The summed E-state index contributed by atoms with van der Waals surface area (Å²) in [7, 11) is 1.57. The zero-order valence-corrected chi connectivity index (χ0v) is 11.7. The molecule has 0 fully saturated rings. The van der Waals surface area contributed by atoms with Crippen LogP contribution in [0.15, 0.2) is 18.2 Å². The van der Waals surface area contributed by atoms with E-state index in [9.17, 15) is 4.79 Å². The van der Waals surface area contributed by atoms with Gasteiger partial charge in [-0.15, -0.1) is 0 Å². The molecular weight excluding hydrogens is 258 g/mol. The fourth-order valence-corrected chi connectivity index (χ4v) is 1.50. The average molecular weight is 277 g/mol. The molecule has 0 aliphatic carbocycles. The van der Waals surface area contributed by atoms with E-state index < -0.39 is 0 Å². The normalized spacial score (nSPS) is 9.75. The number of nitrogens with one attached hydrogen (secondary N) is 1. The lowest BCUT2D eigenvalue weighted by molar-refractivity contribution is -0.121. The molecule has 5 heteroatoms. The highest BCUT2D eigenvalue weighted by molar-refractivity contribution is 5.93. The molecule has 0 saturated carbocycles. The van der Waals surface area contributed by atoms with Crippen LogP contribution in [0.25, 0.3) is 0 Å². The van der Waals surface area contributed by atoms with Crippen molar-refractivity contribution in [2.75, 3.05) is 38.9 Å². The average Bonchev–Trinajstić information content (AvgIpc) is 2.44. The van der Waals surface area contributed by atoms with Crippen LogP contribution < -0.4 is 5.32 Å². The minimum absolute atomic E-state index is 0.0376. The van der Waals surface area contributed by atoms with Crippen LogP contribution in [-0.4, -0.2) is 44.6 Å². The summed E-state index contributed by atoms with van der Waals surface area (Å²) in [6, 6.07) is 5.51. The molecule has 1 aromatic carbocycles. The third-order valence-electron chi connectivity index (χ3n) is 2.42. The van der Waals surface area contributed by atoms with Crippen LogP contribution >= 0.6 is 0 Å². The summed E-state index contributed by atoms with van der Waals surface area (Å²) < 4.78 is 9.96. The Kier molecular flexibility index (Phi) is 7.36. The van der Waals surface area contributed by atoms with Gasteiger partial charge in [-0.25, -0.2) is 0 Å². The van der Waals surface area contributed by atoms with Gasteiger partial charge in [0.05, 0.1) is 18.9 Å². The molecule has 0 unspecified atom stereocenters. The first-order chi connectivity index (χ1) is 9.67. The predicted octanol–water partition coefficient (Wildman–Crippen LogP) is 0.940. The number of aliphatic hydroxyl groups excluding tert-OH is 1. The Labute approximate surface area is 118 Å². The highest BCUT2D eigenvalue weighted by atomic mass is 16.5. The van der Waals surface area contributed by atoms with E-state index in [-0.39, 0.29) is 19.1 Å². The number of rotatable bonds is 6. The van der Waals surface area contributed by atoms with Gasteiger partial charge in [-0.2, -0.15) is 0 Å². The molecule has 0 atom stereocenters. The quantitative estimate of drug-likeness (QED) is 0.600. The molecule has 0 radical (unpaired) electrons. The molecule has 0 heterocycles. The third-order valence-corrected chi connectivity index (χ3v) is 2.42. The number of anilines is 1. The molecule has 0 bridgehead atoms. The van der Waals surface area contributed by atoms with E-state index in [0.717, 1.165) is 5.56 Å². The van der Waals surface area contributed by atoms with Crippen molar-refractivity contribution >= 4 is 11.6 Å². The lowest BCUT2D eigenvalue weighted by Crippen LogP contribution is -2.20. The second kappa shape index (κ2) is 9.10. The van der Waals surface area contributed by atoms with Crippen molar-refractivity contribution < 1.29 is 19.4 Å². The number of benzene rings is 1. The Hall–Kier alpha value is -1.87. The summed E-state index contributed by atoms with van der Waals surface area (Å²) in [5, 5.41) is 11.5. The molecule has 0 aromatic heterocycles. The SMILES string of the molecule is COCCOCC(=O)Nc1ccc(C)cc1C#CCO. The Morgan fingerprint density at radius 3 is 2.90 bits per heavy atom. The van der Waals surface area contributed by atoms with E-state index in [1.54, 1.807) is 13.2 Å². The van der Waals surface area contributed by atoms with Crippen molar-refractivity contribution in [1.82, 2.24) is 0 Å². The van der Waals surface area contributed by atoms with Crippen LogP contribution in [0.4, 0.5) is 5.69 Å². The largest absolute Gasteiger partial charge is 0.384 e. The molecule has 0 aliphatic heterocycles. The number of amides is 1. The van der Waals surface area contributed by atoms with Crippen molar-refractivity contribution in [1.29, 1.82) is 0 Å². The maximum Gasteiger partial charge on any atom is 0.250 e. The highest BCUT2D eigenvalue weighted by Crippen LogP contribution is 2.16. The molecule has 0 saturated heterocycles. The molecule has 5 nitrogen and oxygen atoms in total. The summed E-state index contributed by atoms with van der Waals surface area (Å²) >= 11 is 0. The first-order valence-corrected chi connectivity index (χ1v) is 6.24. The van der Waals surface area contributed by atoms with Crippen molar-refractivity contribution in [3.8, 4) is 11.8 Å². The van der Waals surface area contributed by atoms with Gasteiger partial charge in [-0.3, -0.25) is 4.79 Å². The number of carbonyl (C=O) groups excluding carboxylic acids is 1. The monoisotopic (exact) mass is 277 g/mol. The van der Waals surface area contributed by atoms with E-state index in [0.29, 0.717) is 24.5 Å². The van der Waals surface area contributed by atoms with Crippen molar-refractivity contribution in [2.45, 2.75) is 6.92 Å². The lowest BCUT2D eigenvalue weighted by Gasteiger charge is -2.09. The van der Waals surface area contributed by atoms with Crippen LogP contribution in [0.5, 0.6) is 0 Å². The molecule has 1 aromatic rings. The molecule has 2 N–H and O–H groups in total. The van der Waals surface area contributed by atoms with Crippen LogP contribution in [0.3, 0.4) is 0 Å². The zero-order chi connectivity index (χ0) is 14.8. The summed E-state index contributed by atoms with van der Waals surface area (Å²) in [6.45, 7) is 2.50. The predicted molar refractivity (Wildman–Crippen MR) is 76.5 cm³/mol. The van der Waals surface area contributed by atoms with Crippen LogP contribution in [-0.2, 0) is 14.3 Å². The van der Waals surface area contributed by atoms with E-state index in [1.807, 2.05) is 19.1 Å². The van der Waals surface area contributed by atoms with Crippen molar-refractivity contribution in [3.63, 3.8) is 0 Å². The smallest absolute Gasteiger partial charge is 0.250 e. The second-order valence-corrected chi connectivity index (χ2v) is 4.10. The van der Waals surface area contributed by atoms with Gasteiger partial charge >= 0.3 is 0 Å². The number of methoxy groups -OCH3 is 1. The number of ether oxygens (including phenoxy) is 2. The number of hydrogen-bond donors (Lipinski definition) is 2. The Balaban J connectivity index is 2.64. The van der Waals surface area contributed by atoms with E-state index in [2.05, 4.69) is 17.2 Å². The fraction of sp³-hybridized carbons (Fsp3) is 0.400. The molecule has 20 heavy (non-hydrogen) atoms. The van der Waals surface area contributed by atoms with E-state index in [1.165, 1.54) is 0 Å². The molecule has 0 aliphatic rings. The first kappa shape index (κ1) is 16.2. The van der Waals surface area contributed by atoms with Gasteiger partial charge in [0.2, 0.25) is 5.91 Å². The maximum atomic E-state index is 11.7. The zero-order valence-electron chi connectivity index (χ0n) is 11.7. The van der Waals surface area contributed by atoms with Crippen LogP contribution in [0.2, 0.25) is 0 Å². The highest BCUT2D eigenvalue weighted by Gasteiger charge is 2.06. The lowest BCUT2D eigenvalue weighted by atomic mass is 10.1. The van der Waals surface area contributed by atoms with Crippen molar-refractivity contribution in [3.05, 3.63) is 29.3 Å². The molecule has 1 rings (SSSR count). The summed E-state index contributed by atoms with van der Waals surface area (Å²) in [5.74, 6) is 5.13. The van der Waals surface area contributed by atoms with Gasteiger partial charge in [0.25, 0.3) is 0 Å². The fourth-order valence-electron chi connectivity index (χ4n) is 1.50. The number of aryl methyl sites for hydroxylation is 1. The Morgan fingerprint density at radius 2 is 2.20 bits per heavy atom. The molecule has 108 valence electrons.